The number of nitrogens with zero attached hydrogens (tertiary/aromatic N) is 2. The summed E-state index contributed by atoms with van der Waals surface area (Å²) >= 11 is 0. The SMILES string of the molecule is CN1CCCN(C)C(C(N)Cc2ccco2)C1. The van der Waals surface area contributed by atoms with E-state index in [9.17, 15) is 0 Å². The third kappa shape index (κ3) is 3.31. The second-order valence-corrected chi connectivity index (χ2v) is 5.11. The highest BCUT2D eigenvalue weighted by molar-refractivity contribution is 5.02. The minimum Gasteiger partial charge on any atom is -0.469 e. The minimum absolute atomic E-state index is 0.131. The van der Waals surface area contributed by atoms with E-state index in [0.717, 1.165) is 31.8 Å². The average molecular weight is 237 g/mol. The van der Waals surface area contributed by atoms with Crippen LogP contribution in [0, 0.1) is 0 Å². The minimum atomic E-state index is 0.131. The van der Waals surface area contributed by atoms with Gasteiger partial charge in [-0.25, -0.2) is 0 Å². The Morgan fingerprint density at radius 2 is 2.29 bits per heavy atom. The van der Waals surface area contributed by atoms with Crippen LogP contribution < -0.4 is 5.73 Å². The Kier molecular flexibility index (Phi) is 4.20. The largest absolute Gasteiger partial charge is 0.469 e. The molecule has 4 heteroatoms. The molecule has 1 aromatic heterocycles. The molecule has 2 rings (SSSR count). The van der Waals surface area contributed by atoms with Crippen LogP contribution in [-0.2, 0) is 6.42 Å². The lowest BCUT2D eigenvalue weighted by Crippen LogP contribution is -2.51. The van der Waals surface area contributed by atoms with Gasteiger partial charge in [-0.05, 0) is 45.7 Å². The van der Waals surface area contributed by atoms with Crippen molar-refractivity contribution < 1.29 is 4.42 Å². The molecule has 1 aliphatic rings. The molecule has 0 aliphatic carbocycles. The summed E-state index contributed by atoms with van der Waals surface area (Å²) < 4.78 is 5.38. The second kappa shape index (κ2) is 5.67. The smallest absolute Gasteiger partial charge is 0.105 e. The van der Waals surface area contributed by atoms with Crippen molar-refractivity contribution in [1.82, 2.24) is 9.80 Å². The molecule has 96 valence electrons. The lowest BCUT2D eigenvalue weighted by atomic mass is 10.0. The predicted molar refractivity (Wildman–Crippen MR) is 68.9 cm³/mol. The van der Waals surface area contributed by atoms with Crippen LogP contribution in [0.25, 0.3) is 0 Å². The maximum Gasteiger partial charge on any atom is 0.105 e. The zero-order valence-electron chi connectivity index (χ0n) is 10.8. The molecule has 2 atom stereocenters. The van der Waals surface area contributed by atoms with E-state index in [1.54, 1.807) is 6.26 Å². The van der Waals surface area contributed by atoms with E-state index in [2.05, 4.69) is 23.9 Å². The van der Waals surface area contributed by atoms with Crippen LogP contribution in [0.3, 0.4) is 0 Å². The number of hydrogen-bond acceptors (Lipinski definition) is 4. The molecule has 0 radical (unpaired) electrons. The Morgan fingerprint density at radius 1 is 1.47 bits per heavy atom. The molecule has 4 nitrogen and oxygen atoms in total. The summed E-state index contributed by atoms with van der Waals surface area (Å²) in [5.74, 6) is 0.984. The molecule has 0 saturated carbocycles. The molecule has 0 bridgehead atoms. The van der Waals surface area contributed by atoms with Crippen LogP contribution in [0.4, 0.5) is 0 Å². The fraction of sp³-hybridized carbons (Fsp3) is 0.692. The number of hydrogen-bond donors (Lipinski definition) is 1. The number of rotatable bonds is 3. The third-order valence-corrected chi connectivity index (χ3v) is 3.63. The first-order chi connectivity index (χ1) is 8.16. The van der Waals surface area contributed by atoms with Crippen molar-refractivity contribution in [3.8, 4) is 0 Å². The van der Waals surface area contributed by atoms with Gasteiger partial charge in [-0.2, -0.15) is 0 Å². The normalized spacial score (nSPS) is 25.7. The zero-order chi connectivity index (χ0) is 12.3. The molecule has 0 spiro atoms. The fourth-order valence-corrected chi connectivity index (χ4v) is 2.57. The molecule has 17 heavy (non-hydrogen) atoms. The Balaban J connectivity index is 1.98. The van der Waals surface area contributed by atoms with Crippen molar-refractivity contribution in [2.24, 2.45) is 5.73 Å². The first-order valence-electron chi connectivity index (χ1n) is 6.33. The Hall–Kier alpha value is -0.840. The molecule has 1 fully saturated rings. The van der Waals surface area contributed by atoms with Crippen LogP contribution in [0.1, 0.15) is 12.2 Å². The van der Waals surface area contributed by atoms with Crippen molar-refractivity contribution in [1.29, 1.82) is 0 Å². The first-order valence-corrected chi connectivity index (χ1v) is 6.33. The monoisotopic (exact) mass is 237 g/mol. The molecule has 0 amide bonds. The van der Waals surface area contributed by atoms with E-state index in [1.807, 2.05) is 12.1 Å². The number of likely N-dealkylation sites (N-methyl/N-ethyl adjacent to an activating group) is 2. The molecule has 2 heterocycles. The van der Waals surface area contributed by atoms with Crippen molar-refractivity contribution in [2.75, 3.05) is 33.7 Å². The summed E-state index contributed by atoms with van der Waals surface area (Å²) in [5, 5.41) is 0. The van der Waals surface area contributed by atoms with Gasteiger partial charge in [0.05, 0.1) is 6.26 Å². The zero-order valence-corrected chi connectivity index (χ0v) is 10.8. The molecular formula is C13H23N3O. The third-order valence-electron chi connectivity index (χ3n) is 3.63. The van der Waals surface area contributed by atoms with Gasteiger partial charge in [0.15, 0.2) is 0 Å². The van der Waals surface area contributed by atoms with Crippen molar-refractivity contribution in [2.45, 2.75) is 24.9 Å². The van der Waals surface area contributed by atoms with Gasteiger partial charge in [0.1, 0.15) is 5.76 Å². The first kappa shape index (κ1) is 12.6. The fourth-order valence-electron chi connectivity index (χ4n) is 2.57. The van der Waals surface area contributed by atoms with E-state index in [1.165, 1.54) is 6.42 Å². The molecule has 2 unspecified atom stereocenters. The van der Waals surface area contributed by atoms with Crippen molar-refractivity contribution in [3.63, 3.8) is 0 Å². The Labute approximate surface area is 103 Å². The van der Waals surface area contributed by atoms with Gasteiger partial charge < -0.3 is 20.0 Å². The van der Waals surface area contributed by atoms with E-state index in [0.29, 0.717) is 6.04 Å². The summed E-state index contributed by atoms with van der Waals surface area (Å²) in [4.78, 5) is 4.76. The van der Waals surface area contributed by atoms with Gasteiger partial charge in [0.2, 0.25) is 0 Å². The second-order valence-electron chi connectivity index (χ2n) is 5.11. The molecule has 1 aromatic rings. The van der Waals surface area contributed by atoms with Gasteiger partial charge >= 0.3 is 0 Å². The lowest BCUT2D eigenvalue weighted by molar-refractivity contribution is 0.192. The standard InChI is InChI=1S/C13H23N3O/c1-15-6-4-7-16(2)13(10-15)12(14)9-11-5-3-8-17-11/h3,5,8,12-13H,4,6-7,9-10,14H2,1-2H3. The van der Waals surface area contributed by atoms with E-state index in [4.69, 9.17) is 10.2 Å². The highest BCUT2D eigenvalue weighted by atomic mass is 16.3. The molecule has 2 N–H and O–H groups in total. The van der Waals surface area contributed by atoms with E-state index < -0.39 is 0 Å². The quantitative estimate of drug-likeness (QED) is 0.844. The Morgan fingerprint density at radius 3 is 3.00 bits per heavy atom. The van der Waals surface area contributed by atoms with Gasteiger partial charge in [0, 0.05) is 25.0 Å². The topological polar surface area (TPSA) is 45.6 Å². The Bertz CT molecular complexity index is 325. The van der Waals surface area contributed by atoms with Gasteiger partial charge in [-0.15, -0.1) is 0 Å². The highest BCUT2D eigenvalue weighted by Crippen LogP contribution is 2.13. The van der Waals surface area contributed by atoms with Crippen LogP contribution in [0.15, 0.2) is 22.8 Å². The maximum atomic E-state index is 6.33. The summed E-state index contributed by atoms with van der Waals surface area (Å²) in [7, 11) is 4.34. The molecule has 0 aromatic carbocycles. The van der Waals surface area contributed by atoms with Crippen molar-refractivity contribution >= 4 is 0 Å². The lowest BCUT2D eigenvalue weighted by Gasteiger charge is -2.32. The maximum absolute atomic E-state index is 6.33. The molecule has 1 aliphatic heterocycles. The van der Waals surface area contributed by atoms with Crippen LogP contribution in [0.2, 0.25) is 0 Å². The summed E-state index contributed by atoms with van der Waals surface area (Å²) in [6.07, 6.45) is 3.75. The average Bonchev–Trinajstić information content (AvgIpc) is 2.72. The summed E-state index contributed by atoms with van der Waals surface area (Å²) in [6.45, 7) is 3.33. The van der Waals surface area contributed by atoms with Crippen LogP contribution in [-0.4, -0.2) is 55.6 Å². The van der Waals surface area contributed by atoms with Crippen molar-refractivity contribution in [3.05, 3.63) is 24.2 Å². The van der Waals surface area contributed by atoms with Gasteiger partial charge in [-0.3, -0.25) is 0 Å². The van der Waals surface area contributed by atoms with E-state index >= 15 is 0 Å². The predicted octanol–water partition coefficient (Wildman–Crippen LogP) is 0.785. The van der Waals surface area contributed by atoms with Crippen LogP contribution in [0.5, 0.6) is 0 Å². The molecule has 1 saturated heterocycles. The van der Waals surface area contributed by atoms with Gasteiger partial charge in [0.25, 0.3) is 0 Å². The van der Waals surface area contributed by atoms with Crippen LogP contribution >= 0.6 is 0 Å². The summed E-state index contributed by atoms with van der Waals surface area (Å²) in [6, 6.07) is 4.46. The van der Waals surface area contributed by atoms with Gasteiger partial charge in [-0.1, -0.05) is 0 Å². The number of furan rings is 1. The number of nitrogens with two attached hydrogens (primary N) is 1. The van der Waals surface area contributed by atoms with E-state index in [-0.39, 0.29) is 6.04 Å². The molecular weight excluding hydrogens is 214 g/mol. The highest BCUT2D eigenvalue weighted by Gasteiger charge is 2.26. The summed E-state index contributed by atoms with van der Waals surface area (Å²) in [5.41, 5.74) is 6.33.